The summed E-state index contributed by atoms with van der Waals surface area (Å²) in [6, 6.07) is 19.0. The first kappa shape index (κ1) is 17.6. The molecule has 0 saturated carbocycles. The molecule has 138 valence electrons. The van der Waals surface area contributed by atoms with Gasteiger partial charge in [-0.25, -0.2) is 0 Å². The van der Waals surface area contributed by atoms with Crippen LogP contribution in [0.5, 0.6) is 0 Å². The van der Waals surface area contributed by atoms with E-state index in [2.05, 4.69) is 0 Å². The molecule has 0 radical (unpaired) electrons. The summed E-state index contributed by atoms with van der Waals surface area (Å²) in [7, 11) is 0. The molecule has 2 aliphatic heterocycles. The van der Waals surface area contributed by atoms with E-state index in [1.54, 1.807) is 0 Å². The molecule has 2 fully saturated rings. The zero-order valence-corrected chi connectivity index (χ0v) is 14.2. The Morgan fingerprint density at radius 1 is 0.577 bits per heavy atom. The molecule has 6 atom stereocenters. The Labute approximate surface area is 151 Å². The van der Waals surface area contributed by atoms with Gasteiger partial charge in [-0.15, -0.1) is 0 Å². The average molecular weight is 358 g/mol. The molecule has 2 aliphatic rings. The normalized spacial score (nSPS) is 34.2. The zero-order chi connectivity index (χ0) is 17.9. The van der Waals surface area contributed by atoms with Gasteiger partial charge in [-0.2, -0.15) is 0 Å². The quantitative estimate of drug-likeness (QED) is 0.870. The Morgan fingerprint density at radius 3 is 1.31 bits per heavy atom. The summed E-state index contributed by atoms with van der Waals surface area (Å²) in [4.78, 5) is 0. The molecule has 0 aliphatic carbocycles. The summed E-state index contributed by atoms with van der Waals surface area (Å²) in [6.07, 6.45) is -3.55. The van der Waals surface area contributed by atoms with Crippen molar-refractivity contribution < 1.29 is 29.2 Å². The Bertz CT molecular complexity index is 632. The number of aliphatic hydroxyl groups is 2. The second kappa shape index (κ2) is 7.84. The molecule has 2 heterocycles. The van der Waals surface area contributed by atoms with E-state index in [1.807, 2.05) is 60.7 Å². The molecular weight excluding hydrogens is 336 g/mol. The number of hydrogen-bond acceptors (Lipinski definition) is 6. The fraction of sp³-hybridized carbons (Fsp3) is 0.400. The lowest BCUT2D eigenvalue weighted by molar-refractivity contribution is -0.387. The first-order chi connectivity index (χ1) is 12.8. The van der Waals surface area contributed by atoms with E-state index >= 15 is 0 Å². The van der Waals surface area contributed by atoms with Crippen molar-refractivity contribution in [1.29, 1.82) is 0 Å². The predicted molar refractivity (Wildman–Crippen MR) is 92.0 cm³/mol. The Balaban J connectivity index is 1.59. The minimum Gasteiger partial charge on any atom is -0.394 e. The number of aliphatic hydroxyl groups excluding tert-OH is 2. The second-order valence-corrected chi connectivity index (χ2v) is 6.40. The van der Waals surface area contributed by atoms with Gasteiger partial charge in [0.15, 0.2) is 12.6 Å². The van der Waals surface area contributed by atoms with Crippen LogP contribution in [0, 0.1) is 0 Å². The maximum absolute atomic E-state index is 9.85. The van der Waals surface area contributed by atoms with Gasteiger partial charge >= 0.3 is 0 Å². The van der Waals surface area contributed by atoms with Crippen molar-refractivity contribution in [1.82, 2.24) is 0 Å². The summed E-state index contributed by atoms with van der Waals surface area (Å²) in [5.74, 6) is 0. The lowest BCUT2D eigenvalue weighted by atomic mass is 9.99. The summed E-state index contributed by atoms with van der Waals surface area (Å²) in [6.45, 7) is -0.430. The maximum atomic E-state index is 9.85. The highest BCUT2D eigenvalue weighted by Crippen LogP contribution is 2.40. The third-order valence-electron chi connectivity index (χ3n) is 4.72. The van der Waals surface area contributed by atoms with Crippen LogP contribution >= 0.6 is 0 Å². The minimum atomic E-state index is -0.649. The smallest absolute Gasteiger partial charge is 0.184 e. The van der Waals surface area contributed by atoms with Crippen molar-refractivity contribution in [2.75, 3.05) is 13.2 Å². The van der Waals surface area contributed by atoms with Crippen LogP contribution in [-0.2, 0) is 18.9 Å². The summed E-state index contributed by atoms with van der Waals surface area (Å²) in [5, 5.41) is 19.7. The van der Waals surface area contributed by atoms with Crippen molar-refractivity contribution in [2.24, 2.45) is 0 Å². The van der Waals surface area contributed by atoms with Gasteiger partial charge in [-0.05, 0) is 0 Å². The second-order valence-electron chi connectivity index (χ2n) is 6.40. The minimum absolute atomic E-state index is 0.215. The van der Waals surface area contributed by atoms with Gasteiger partial charge in [0.1, 0.15) is 24.4 Å². The van der Waals surface area contributed by atoms with Crippen molar-refractivity contribution in [2.45, 2.75) is 37.0 Å². The fourth-order valence-corrected chi connectivity index (χ4v) is 3.40. The number of benzene rings is 2. The predicted octanol–water partition coefficient (Wildman–Crippen LogP) is 1.94. The van der Waals surface area contributed by atoms with Gasteiger partial charge in [0, 0.05) is 11.1 Å². The topological polar surface area (TPSA) is 77.4 Å². The largest absolute Gasteiger partial charge is 0.394 e. The highest BCUT2D eigenvalue weighted by molar-refractivity contribution is 5.18. The van der Waals surface area contributed by atoms with Crippen molar-refractivity contribution in [3.05, 3.63) is 71.8 Å². The van der Waals surface area contributed by atoms with E-state index in [9.17, 15) is 10.2 Å². The highest BCUT2D eigenvalue weighted by Gasteiger charge is 2.49. The molecule has 0 bridgehead atoms. The van der Waals surface area contributed by atoms with Crippen LogP contribution in [0.1, 0.15) is 23.7 Å². The number of hydrogen-bond donors (Lipinski definition) is 2. The Kier molecular flexibility index (Phi) is 5.31. The monoisotopic (exact) mass is 358 g/mol. The van der Waals surface area contributed by atoms with E-state index in [1.165, 1.54) is 0 Å². The summed E-state index contributed by atoms with van der Waals surface area (Å²) < 4.78 is 24.0. The van der Waals surface area contributed by atoms with Crippen LogP contribution < -0.4 is 0 Å². The fourth-order valence-electron chi connectivity index (χ4n) is 3.40. The molecule has 6 nitrogen and oxygen atoms in total. The third-order valence-corrected chi connectivity index (χ3v) is 4.72. The van der Waals surface area contributed by atoms with Gasteiger partial charge in [0.05, 0.1) is 13.2 Å². The SMILES string of the molecule is OC[C@@H]1O[C@H](c2ccccc2)O[C@H]2[C@@H]1O[C@H](c1ccccc1)O[C@H]2CO. The molecule has 4 rings (SSSR count). The van der Waals surface area contributed by atoms with Gasteiger partial charge in [0.2, 0.25) is 0 Å². The van der Waals surface area contributed by atoms with E-state index < -0.39 is 37.0 Å². The standard InChI is InChI=1S/C20H22O6/c21-11-15-18-17(25-19(23-15)13-7-3-1-4-8-13)16(12-22)24-20(26-18)14-9-5-2-6-10-14/h1-10,15-22H,11-12H2/t15-,16-,17+,18+,19-,20+/m0/s1. The number of rotatable bonds is 4. The zero-order valence-electron chi connectivity index (χ0n) is 14.2. The van der Waals surface area contributed by atoms with Crippen LogP contribution in [0.4, 0.5) is 0 Å². The molecule has 26 heavy (non-hydrogen) atoms. The molecular formula is C20H22O6. The average Bonchev–Trinajstić information content (AvgIpc) is 2.73. The molecule has 6 heteroatoms. The van der Waals surface area contributed by atoms with Gasteiger partial charge in [-0.1, -0.05) is 60.7 Å². The molecule has 2 saturated heterocycles. The summed E-state index contributed by atoms with van der Waals surface area (Å²) in [5.41, 5.74) is 1.68. The van der Waals surface area contributed by atoms with Crippen LogP contribution in [0.2, 0.25) is 0 Å². The third kappa shape index (κ3) is 3.40. The van der Waals surface area contributed by atoms with Crippen LogP contribution in [0.15, 0.2) is 60.7 Å². The van der Waals surface area contributed by atoms with E-state index in [4.69, 9.17) is 18.9 Å². The van der Waals surface area contributed by atoms with Crippen LogP contribution in [-0.4, -0.2) is 47.8 Å². The van der Waals surface area contributed by atoms with Gasteiger partial charge < -0.3 is 29.2 Å². The Hall–Kier alpha value is -1.80. The molecule has 0 unspecified atom stereocenters. The van der Waals surface area contributed by atoms with Crippen LogP contribution in [0.3, 0.4) is 0 Å². The van der Waals surface area contributed by atoms with E-state index in [0.29, 0.717) is 0 Å². The highest BCUT2D eigenvalue weighted by atomic mass is 16.8. The molecule has 2 aromatic carbocycles. The number of ether oxygens (including phenoxy) is 4. The van der Waals surface area contributed by atoms with Crippen LogP contribution in [0.25, 0.3) is 0 Å². The van der Waals surface area contributed by atoms with Gasteiger partial charge in [-0.3, -0.25) is 0 Å². The molecule has 0 amide bonds. The molecule has 0 aromatic heterocycles. The lowest BCUT2D eigenvalue weighted by Gasteiger charge is -2.48. The number of fused-ring (bicyclic) bond motifs is 1. The van der Waals surface area contributed by atoms with Gasteiger partial charge in [0.25, 0.3) is 0 Å². The maximum Gasteiger partial charge on any atom is 0.184 e. The van der Waals surface area contributed by atoms with E-state index in [0.717, 1.165) is 11.1 Å². The first-order valence-corrected chi connectivity index (χ1v) is 8.73. The Morgan fingerprint density at radius 2 is 0.962 bits per heavy atom. The van der Waals surface area contributed by atoms with Crippen molar-refractivity contribution in [3.63, 3.8) is 0 Å². The lowest BCUT2D eigenvalue weighted by Crippen LogP contribution is -2.59. The van der Waals surface area contributed by atoms with E-state index in [-0.39, 0.29) is 13.2 Å². The summed E-state index contributed by atoms with van der Waals surface area (Å²) >= 11 is 0. The van der Waals surface area contributed by atoms with Crippen molar-refractivity contribution >= 4 is 0 Å². The molecule has 2 N–H and O–H groups in total. The molecule has 2 aromatic rings. The molecule has 0 spiro atoms. The first-order valence-electron chi connectivity index (χ1n) is 8.73. The van der Waals surface area contributed by atoms with Crippen molar-refractivity contribution in [3.8, 4) is 0 Å².